The highest BCUT2D eigenvalue weighted by Gasteiger charge is 2.64. The number of ether oxygens (including phenoxy) is 1. The van der Waals surface area contributed by atoms with E-state index < -0.39 is 18.5 Å². The van der Waals surface area contributed by atoms with Crippen molar-refractivity contribution in [1.82, 2.24) is 0 Å². The molecule has 39 heavy (non-hydrogen) atoms. The monoisotopic (exact) mass is 522 g/mol. The third kappa shape index (κ3) is 4.42. The SMILES string of the molecule is CCc1ccccc1NC(=O)COC(=O)c1ccc(N2C(=O)[C@@H]3[C@@H]4C[C@@H]([C@H]3C2=O)[C@H](c2ccccc2)C4)cc1. The molecule has 1 aliphatic heterocycles. The van der Waals surface area contributed by atoms with Crippen LogP contribution in [0.2, 0.25) is 0 Å². The predicted octanol–water partition coefficient (Wildman–Crippen LogP) is 4.97. The molecular formula is C32H30N2O5. The summed E-state index contributed by atoms with van der Waals surface area (Å²) in [5.41, 5.74) is 3.63. The van der Waals surface area contributed by atoms with E-state index in [1.54, 1.807) is 18.2 Å². The lowest BCUT2D eigenvalue weighted by Crippen LogP contribution is -2.33. The topological polar surface area (TPSA) is 92.8 Å². The minimum Gasteiger partial charge on any atom is -0.452 e. The van der Waals surface area contributed by atoms with Crippen LogP contribution in [0.25, 0.3) is 0 Å². The molecule has 3 fully saturated rings. The Hall–Kier alpha value is -4.26. The van der Waals surface area contributed by atoms with Crippen LogP contribution in [-0.4, -0.2) is 30.3 Å². The number of rotatable bonds is 7. The van der Waals surface area contributed by atoms with Gasteiger partial charge in [0.05, 0.1) is 23.1 Å². The number of nitrogens with one attached hydrogen (secondary N) is 1. The molecule has 0 spiro atoms. The van der Waals surface area contributed by atoms with Gasteiger partial charge in [-0.15, -0.1) is 0 Å². The zero-order valence-corrected chi connectivity index (χ0v) is 21.7. The van der Waals surface area contributed by atoms with Crippen molar-refractivity contribution in [2.24, 2.45) is 23.7 Å². The highest BCUT2D eigenvalue weighted by Crippen LogP contribution is 2.61. The van der Waals surface area contributed by atoms with Crippen molar-refractivity contribution < 1.29 is 23.9 Å². The maximum atomic E-state index is 13.5. The van der Waals surface area contributed by atoms with E-state index >= 15 is 0 Å². The molecule has 2 saturated carbocycles. The quantitative estimate of drug-likeness (QED) is 0.349. The van der Waals surface area contributed by atoms with Gasteiger partial charge in [0.15, 0.2) is 6.61 Å². The van der Waals surface area contributed by atoms with Gasteiger partial charge in [0.2, 0.25) is 11.8 Å². The lowest BCUT2D eigenvalue weighted by molar-refractivity contribution is -0.123. The average molecular weight is 523 g/mol. The molecule has 3 aromatic carbocycles. The minimum absolute atomic E-state index is 0.136. The molecule has 1 N–H and O–H groups in total. The van der Waals surface area contributed by atoms with E-state index in [4.69, 9.17) is 4.74 Å². The molecule has 198 valence electrons. The van der Waals surface area contributed by atoms with Gasteiger partial charge in [0.1, 0.15) is 0 Å². The number of imide groups is 1. The normalized spacial score (nSPS) is 25.1. The number of fused-ring (bicyclic) bond motifs is 5. The molecule has 1 heterocycles. The lowest BCUT2D eigenvalue weighted by Gasteiger charge is -2.28. The number of nitrogens with zero attached hydrogens (tertiary/aromatic N) is 1. The van der Waals surface area contributed by atoms with Crippen LogP contribution in [0.5, 0.6) is 0 Å². The highest BCUT2D eigenvalue weighted by atomic mass is 16.5. The Balaban J connectivity index is 1.10. The molecule has 2 aliphatic carbocycles. The van der Waals surface area contributed by atoms with E-state index in [-0.39, 0.29) is 41.0 Å². The van der Waals surface area contributed by atoms with Crippen LogP contribution in [0.1, 0.15) is 47.2 Å². The Morgan fingerprint density at radius 3 is 2.31 bits per heavy atom. The Kier molecular flexibility index (Phi) is 6.51. The summed E-state index contributed by atoms with van der Waals surface area (Å²) in [6.45, 7) is 1.58. The van der Waals surface area contributed by atoms with Gasteiger partial charge in [-0.25, -0.2) is 4.79 Å². The largest absolute Gasteiger partial charge is 0.452 e. The third-order valence-corrected chi connectivity index (χ3v) is 8.61. The van der Waals surface area contributed by atoms with E-state index in [0.717, 1.165) is 24.8 Å². The van der Waals surface area contributed by atoms with Gasteiger partial charge >= 0.3 is 5.97 Å². The van der Waals surface area contributed by atoms with Crippen LogP contribution in [0.4, 0.5) is 11.4 Å². The minimum atomic E-state index is -0.653. The van der Waals surface area contributed by atoms with Gasteiger partial charge in [0, 0.05) is 5.69 Å². The second kappa shape index (κ2) is 10.1. The maximum Gasteiger partial charge on any atom is 0.338 e. The second-order valence-corrected chi connectivity index (χ2v) is 10.7. The fourth-order valence-electron chi connectivity index (χ4n) is 6.90. The highest BCUT2D eigenvalue weighted by molar-refractivity contribution is 6.22. The summed E-state index contributed by atoms with van der Waals surface area (Å²) in [6.07, 6.45) is 2.62. The summed E-state index contributed by atoms with van der Waals surface area (Å²) >= 11 is 0. The molecule has 3 amide bonds. The summed E-state index contributed by atoms with van der Waals surface area (Å²) < 4.78 is 5.20. The Bertz CT molecular complexity index is 1430. The maximum absolute atomic E-state index is 13.5. The van der Waals surface area contributed by atoms with Gasteiger partial charge < -0.3 is 10.1 Å². The first-order chi connectivity index (χ1) is 19.0. The number of esters is 1. The van der Waals surface area contributed by atoms with Gasteiger partial charge in [0.25, 0.3) is 5.91 Å². The molecule has 2 bridgehead atoms. The van der Waals surface area contributed by atoms with Crippen molar-refractivity contribution in [2.75, 3.05) is 16.8 Å². The van der Waals surface area contributed by atoms with Crippen molar-refractivity contribution in [3.05, 3.63) is 95.6 Å². The molecule has 6 rings (SSSR count). The number of amides is 3. The molecule has 7 heteroatoms. The van der Waals surface area contributed by atoms with E-state index in [9.17, 15) is 19.2 Å². The molecule has 5 atom stereocenters. The van der Waals surface area contributed by atoms with E-state index in [1.165, 1.54) is 22.6 Å². The molecule has 0 aromatic heterocycles. The van der Waals surface area contributed by atoms with E-state index in [0.29, 0.717) is 17.3 Å². The van der Waals surface area contributed by atoms with Crippen LogP contribution < -0.4 is 10.2 Å². The summed E-state index contributed by atoms with van der Waals surface area (Å²) in [7, 11) is 0. The van der Waals surface area contributed by atoms with Crippen molar-refractivity contribution in [3.63, 3.8) is 0 Å². The molecule has 3 aliphatic rings. The first kappa shape index (κ1) is 25.0. The van der Waals surface area contributed by atoms with Crippen molar-refractivity contribution in [1.29, 1.82) is 0 Å². The van der Waals surface area contributed by atoms with Crippen molar-refractivity contribution >= 4 is 35.1 Å². The summed E-state index contributed by atoms with van der Waals surface area (Å²) in [5, 5.41) is 2.77. The van der Waals surface area contributed by atoms with Crippen molar-refractivity contribution in [3.8, 4) is 0 Å². The third-order valence-electron chi connectivity index (χ3n) is 8.61. The Labute approximate surface area is 227 Å². The fraction of sp³-hybridized carbons (Fsp3) is 0.312. The molecule has 3 aromatic rings. The molecule has 0 unspecified atom stereocenters. The number of benzene rings is 3. The zero-order valence-electron chi connectivity index (χ0n) is 21.7. The number of aryl methyl sites for hydroxylation is 1. The first-order valence-electron chi connectivity index (χ1n) is 13.5. The van der Waals surface area contributed by atoms with Gasteiger partial charge in [-0.05, 0) is 78.5 Å². The van der Waals surface area contributed by atoms with Crippen molar-refractivity contribution in [2.45, 2.75) is 32.1 Å². The van der Waals surface area contributed by atoms with E-state index in [2.05, 4.69) is 17.4 Å². The van der Waals surface area contributed by atoms with Gasteiger partial charge in [-0.1, -0.05) is 55.5 Å². The van der Waals surface area contributed by atoms with Crippen LogP contribution in [0.15, 0.2) is 78.9 Å². The first-order valence-corrected chi connectivity index (χ1v) is 13.5. The number of hydrogen-bond acceptors (Lipinski definition) is 5. The molecule has 7 nitrogen and oxygen atoms in total. The number of anilines is 2. The van der Waals surface area contributed by atoms with Crippen LogP contribution in [0, 0.1) is 23.7 Å². The summed E-state index contributed by atoms with van der Waals surface area (Å²) in [4.78, 5) is 53.1. The molecule has 1 saturated heterocycles. The fourth-order valence-corrected chi connectivity index (χ4v) is 6.90. The lowest BCUT2D eigenvalue weighted by atomic mass is 9.73. The number of para-hydroxylation sites is 1. The Morgan fingerprint density at radius 2 is 1.56 bits per heavy atom. The zero-order chi connectivity index (χ0) is 27.1. The van der Waals surface area contributed by atoms with Crippen LogP contribution >= 0.6 is 0 Å². The summed E-state index contributed by atoms with van der Waals surface area (Å²) in [6, 6.07) is 24.0. The number of carbonyl (C=O) groups excluding carboxylic acids is 4. The Morgan fingerprint density at radius 1 is 0.872 bits per heavy atom. The molecule has 0 radical (unpaired) electrons. The smallest absolute Gasteiger partial charge is 0.338 e. The van der Waals surface area contributed by atoms with Crippen LogP contribution in [0.3, 0.4) is 0 Å². The molecular weight excluding hydrogens is 492 g/mol. The standard InChI is InChI=1S/C32H30N2O5/c1-2-19-8-6-7-11-26(19)33-27(35)18-39-32(38)21-12-14-23(15-13-21)34-30(36)28-22-16-24(20-9-4-3-5-10-20)25(17-22)29(28)31(34)37/h3-15,22,24-25,28-29H,2,16-18H2,1H3,(H,33,35)/t22-,24-,25+,28+,29+/m0/s1. The van der Waals surface area contributed by atoms with Crippen LogP contribution in [-0.2, 0) is 25.5 Å². The number of carbonyl (C=O) groups is 4. The number of hydrogen-bond donors (Lipinski definition) is 1. The van der Waals surface area contributed by atoms with Gasteiger partial charge in [-0.2, -0.15) is 0 Å². The van der Waals surface area contributed by atoms with Gasteiger partial charge in [-0.3, -0.25) is 19.3 Å². The van der Waals surface area contributed by atoms with E-state index in [1.807, 2.05) is 43.3 Å². The average Bonchev–Trinajstić information content (AvgIpc) is 3.64. The second-order valence-electron chi connectivity index (χ2n) is 10.7. The summed E-state index contributed by atoms with van der Waals surface area (Å²) in [5.74, 6) is -1.21. The predicted molar refractivity (Wildman–Crippen MR) is 146 cm³/mol.